The molecule has 0 aliphatic carbocycles. The van der Waals surface area contributed by atoms with E-state index in [2.05, 4.69) is 15.3 Å². The first-order chi connectivity index (χ1) is 15.7. The van der Waals surface area contributed by atoms with Crippen LogP contribution in [0.1, 0.15) is 24.0 Å². The van der Waals surface area contributed by atoms with Crippen molar-refractivity contribution in [2.45, 2.75) is 12.8 Å². The van der Waals surface area contributed by atoms with Crippen LogP contribution in [0.25, 0.3) is 5.69 Å². The number of nitrogens with two attached hydrogens (primary N) is 1. The quantitative estimate of drug-likeness (QED) is 0.392. The summed E-state index contributed by atoms with van der Waals surface area (Å²) >= 11 is 12.7. The second-order valence-electron chi connectivity index (χ2n) is 7.02. The van der Waals surface area contributed by atoms with E-state index < -0.39 is 17.1 Å². The summed E-state index contributed by atoms with van der Waals surface area (Å²) in [5.74, 6) is -0.519. The molecule has 0 fully saturated rings. The van der Waals surface area contributed by atoms with Crippen LogP contribution in [0.2, 0.25) is 10.0 Å². The van der Waals surface area contributed by atoms with Gasteiger partial charge in [0.25, 0.3) is 11.1 Å². The molecule has 0 saturated carbocycles. The van der Waals surface area contributed by atoms with Gasteiger partial charge >= 0.3 is 5.69 Å². The molecule has 0 aliphatic heterocycles. The summed E-state index contributed by atoms with van der Waals surface area (Å²) in [6.07, 6.45) is 0. The van der Waals surface area contributed by atoms with E-state index in [1.54, 1.807) is 0 Å². The number of ether oxygens (including phenoxy) is 1. The van der Waals surface area contributed by atoms with Gasteiger partial charge in [-0.1, -0.05) is 60.5 Å². The molecule has 4 N–H and O–H groups in total. The molecule has 2 aromatic carbocycles. The minimum Gasteiger partial charge on any atom is -0.434 e. The van der Waals surface area contributed by atoms with Gasteiger partial charge in [-0.3, -0.25) is 14.6 Å². The first-order valence-corrected chi connectivity index (χ1v) is 10.3. The Morgan fingerprint density at radius 2 is 1.70 bits per heavy atom. The molecule has 0 bridgehead atoms. The SMILES string of the molecule is C[C@@H](c1ccccc1)c1cc(Oc2c(Cl)cc(-n3nc(N)c(=O)[nH]c3=O)cc2Cl)n[nH]c1=O. The molecule has 0 spiro atoms. The minimum atomic E-state index is -0.822. The maximum atomic E-state index is 12.4. The normalized spacial score (nSPS) is 11.8. The van der Waals surface area contributed by atoms with Gasteiger partial charge in [-0.25, -0.2) is 9.89 Å². The Kier molecular flexibility index (Phi) is 6.03. The van der Waals surface area contributed by atoms with Gasteiger partial charge in [-0.2, -0.15) is 4.68 Å². The molecule has 0 amide bonds. The Labute approximate surface area is 195 Å². The summed E-state index contributed by atoms with van der Waals surface area (Å²) in [6.45, 7) is 1.89. The van der Waals surface area contributed by atoms with E-state index in [1.165, 1.54) is 18.2 Å². The lowest BCUT2D eigenvalue weighted by molar-refractivity contribution is 0.453. The molecule has 0 radical (unpaired) electrons. The van der Waals surface area contributed by atoms with Crippen LogP contribution in [-0.4, -0.2) is 25.0 Å². The highest BCUT2D eigenvalue weighted by Crippen LogP contribution is 2.37. The number of nitrogens with zero attached hydrogens (tertiary/aromatic N) is 3. The van der Waals surface area contributed by atoms with Crippen LogP contribution < -0.4 is 27.3 Å². The van der Waals surface area contributed by atoms with Crippen LogP contribution in [0, 0.1) is 0 Å². The molecule has 2 heterocycles. The van der Waals surface area contributed by atoms with Crippen molar-refractivity contribution >= 4 is 29.0 Å². The van der Waals surface area contributed by atoms with E-state index >= 15 is 0 Å². The van der Waals surface area contributed by atoms with Gasteiger partial charge in [0.05, 0.1) is 15.7 Å². The van der Waals surface area contributed by atoms with Crippen LogP contribution in [0.3, 0.4) is 0 Å². The maximum Gasteiger partial charge on any atom is 0.349 e. The number of rotatable bonds is 5. The predicted molar refractivity (Wildman–Crippen MR) is 124 cm³/mol. The van der Waals surface area contributed by atoms with E-state index in [-0.39, 0.29) is 38.8 Å². The molecular weight excluding hydrogens is 471 g/mol. The van der Waals surface area contributed by atoms with Crippen molar-refractivity contribution in [1.29, 1.82) is 0 Å². The fraction of sp³-hybridized carbons (Fsp3) is 0.0952. The number of hydrogen-bond acceptors (Lipinski definition) is 7. The Morgan fingerprint density at radius 1 is 1.03 bits per heavy atom. The largest absolute Gasteiger partial charge is 0.434 e. The van der Waals surface area contributed by atoms with E-state index in [9.17, 15) is 14.4 Å². The Morgan fingerprint density at radius 3 is 2.36 bits per heavy atom. The zero-order chi connectivity index (χ0) is 23.7. The zero-order valence-corrected chi connectivity index (χ0v) is 18.5. The number of anilines is 1. The fourth-order valence-electron chi connectivity index (χ4n) is 3.15. The summed E-state index contributed by atoms with van der Waals surface area (Å²) in [5.41, 5.74) is 5.03. The van der Waals surface area contributed by atoms with Crippen LogP contribution in [0.15, 0.2) is 62.9 Å². The Balaban J connectivity index is 1.69. The van der Waals surface area contributed by atoms with Gasteiger partial charge in [0.2, 0.25) is 11.7 Å². The first-order valence-electron chi connectivity index (χ1n) is 9.55. The number of benzene rings is 2. The van der Waals surface area contributed by atoms with E-state index in [0.29, 0.717) is 5.56 Å². The lowest BCUT2D eigenvalue weighted by Gasteiger charge is -2.14. The van der Waals surface area contributed by atoms with Gasteiger partial charge < -0.3 is 10.5 Å². The van der Waals surface area contributed by atoms with Crippen molar-refractivity contribution in [3.8, 4) is 17.3 Å². The molecule has 33 heavy (non-hydrogen) atoms. The molecule has 0 saturated heterocycles. The van der Waals surface area contributed by atoms with Gasteiger partial charge in [0.1, 0.15) is 0 Å². The molecule has 2 aromatic heterocycles. The topological polar surface area (TPSA) is 149 Å². The van der Waals surface area contributed by atoms with Gasteiger partial charge in [0, 0.05) is 17.5 Å². The van der Waals surface area contributed by atoms with Crippen LogP contribution in [0.4, 0.5) is 5.82 Å². The van der Waals surface area contributed by atoms with Gasteiger partial charge in [-0.15, -0.1) is 10.2 Å². The van der Waals surface area contributed by atoms with Crippen molar-refractivity contribution in [3.63, 3.8) is 0 Å². The van der Waals surface area contributed by atoms with Crippen molar-refractivity contribution < 1.29 is 4.74 Å². The monoisotopic (exact) mass is 486 g/mol. The highest BCUT2D eigenvalue weighted by molar-refractivity contribution is 6.37. The lowest BCUT2D eigenvalue weighted by Crippen LogP contribution is -2.33. The zero-order valence-electron chi connectivity index (χ0n) is 17.0. The van der Waals surface area contributed by atoms with Crippen LogP contribution in [0.5, 0.6) is 11.6 Å². The molecule has 10 nitrogen and oxygen atoms in total. The first kappa shape index (κ1) is 22.3. The van der Waals surface area contributed by atoms with Crippen LogP contribution >= 0.6 is 23.2 Å². The molecule has 0 unspecified atom stereocenters. The third-order valence-electron chi connectivity index (χ3n) is 4.86. The highest BCUT2D eigenvalue weighted by Gasteiger charge is 2.18. The summed E-state index contributed by atoms with van der Waals surface area (Å²) in [7, 11) is 0. The van der Waals surface area contributed by atoms with Gasteiger partial charge in [-0.05, 0) is 17.7 Å². The summed E-state index contributed by atoms with van der Waals surface area (Å²) in [4.78, 5) is 37.9. The Hall–Kier alpha value is -3.89. The number of nitrogen functional groups attached to an aromatic ring is 1. The van der Waals surface area contributed by atoms with Crippen LogP contribution in [-0.2, 0) is 0 Å². The average molecular weight is 487 g/mol. The maximum absolute atomic E-state index is 12.4. The fourth-order valence-corrected chi connectivity index (χ4v) is 3.71. The van der Waals surface area contributed by atoms with Crippen molar-refractivity contribution in [3.05, 3.63) is 101 Å². The molecule has 4 aromatic rings. The second kappa shape index (κ2) is 8.93. The smallest absolute Gasteiger partial charge is 0.349 e. The minimum absolute atomic E-state index is 0.0293. The third kappa shape index (κ3) is 4.52. The number of halogens is 2. The molecule has 4 rings (SSSR count). The summed E-state index contributed by atoms with van der Waals surface area (Å²) in [6, 6.07) is 13.7. The second-order valence-corrected chi connectivity index (χ2v) is 7.83. The van der Waals surface area contributed by atoms with Gasteiger partial charge in [0.15, 0.2) is 5.75 Å². The number of aromatic amines is 2. The van der Waals surface area contributed by atoms with Crippen molar-refractivity contribution in [2.75, 3.05) is 5.73 Å². The van der Waals surface area contributed by atoms with E-state index in [1.807, 2.05) is 42.2 Å². The molecule has 168 valence electrons. The molecule has 0 aliphatic rings. The number of nitrogens with one attached hydrogen (secondary N) is 2. The van der Waals surface area contributed by atoms with Crippen molar-refractivity contribution in [1.82, 2.24) is 25.0 Å². The number of hydrogen-bond donors (Lipinski definition) is 3. The summed E-state index contributed by atoms with van der Waals surface area (Å²) in [5, 5.41) is 10.1. The summed E-state index contributed by atoms with van der Waals surface area (Å²) < 4.78 is 6.59. The third-order valence-corrected chi connectivity index (χ3v) is 5.42. The molecule has 12 heteroatoms. The predicted octanol–water partition coefficient (Wildman–Crippen LogP) is 2.84. The van der Waals surface area contributed by atoms with E-state index in [0.717, 1.165) is 10.2 Å². The number of H-pyrrole nitrogens is 2. The Bertz CT molecular complexity index is 1490. The average Bonchev–Trinajstić information content (AvgIpc) is 2.79. The molecular formula is C21H16Cl2N6O4. The number of aromatic nitrogens is 5. The van der Waals surface area contributed by atoms with E-state index in [4.69, 9.17) is 33.7 Å². The standard InChI is InChI=1S/C21H16Cl2N6O4/c1-10(11-5-3-2-4-6-11)13-9-16(26-27-19(13)30)33-17-14(22)7-12(8-15(17)23)29-21(32)25-20(31)18(24)28-29/h2-10H,1H3,(H2,24,28)(H,27,30)(H,25,31,32)/t10-/m0/s1. The molecule has 1 atom stereocenters. The highest BCUT2D eigenvalue weighted by atomic mass is 35.5. The van der Waals surface area contributed by atoms with Crippen molar-refractivity contribution in [2.24, 2.45) is 0 Å². The lowest BCUT2D eigenvalue weighted by atomic mass is 9.95.